The summed E-state index contributed by atoms with van der Waals surface area (Å²) in [5.74, 6) is 0.784. The molecule has 2 aromatic heterocycles. The average Bonchev–Trinajstić information content (AvgIpc) is 3.13. The fraction of sp³-hybridized carbons (Fsp3) is 0.409. The third-order valence-electron chi connectivity index (χ3n) is 5.59. The van der Waals surface area contributed by atoms with Crippen LogP contribution in [0.5, 0.6) is 0 Å². The van der Waals surface area contributed by atoms with Gasteiger partial charge in [0.1, 0.15) is 11.5 Å². The highest BCUT2D eigenvalue weighted by Gasteiger charge is 2.31. The van der Waals surface area contributed by atoms with Gasteiger partial charge in [-0.05, 0) is 37.8 Å². The number of aryl methyl sites for hydroxylation is 1. The second kappa shape index (κ2) is 9.02. The van der Waals surface area contributed by atoms with E-state index in [9.17, 15) is 9.59 Å². The zero-order valence-electron chi connectivity index (χ0n) is 17.1. The predicted octanol–water partition coefficient (Wildman–Crippen LogP) is 2.63. The summed E-state index contributed by atoms with van der Waals surface area (Å²) in [7, 11) is 2.02. The van der Waals surface area contributed by atoms with Gasteiger partial charge in [-0.15, -0.1) is 0 Å². The molecule has 0 saturated carbocycles. The molecule has 8 nitrogen and oxygen atoms in total. The molecule has 0 aliphatic carbocycles. The first kappa shape index (κ1) is 20.0. The molecule has 8 heteroatoms. The third-order valence-corrected chi connectivity index (χ3v) is 5.59. The number of hydrogen-bond acceptors (Lipinski definition) is 5. The molecular weight excluding hydrogens is 380 g/mol. The summed E-state index contributed by atoms with van der Waals surface area (Å²) < 4.78 is 2.10. The van der Waals surface area contributed by atoms with Crippen LogP contribution in [0.4, 0.5) is 0 Å². The molecule has 1 aliphatic heterocycles. The molecule has 30 heavy (non-hydrogen) atoms. The normalized spacial score (nSPS) is 16.6. The van der Waals surface area contributed by atoms with Crippen molar-refractivity contribution in [1.29, 1.82) is 0 Å². The zero-order chi connectivity index (χ0) is 20.9. The number of para-hydroxylation sites is 2. The van der Waals surface area contributed by atoms with Gasteiger partial charge in [0.15, 0.2) is 0 Å². The maximum Gasteiger partial charge on any atom is 0.271 e. The van der Waals surface area contributed by atoms with E-state index >= 15 is 0 Å². The Labute approximate surface area is 175 Å². The van der Waals surface area contributed by atoms with Crippen LogP contribution in [0.2, 0.25) is 0 Å². The van der Waals surface area contributed by atoms with E-state index in [0.717, 1.165) is 42.7 Å². The number of nitrogens with zero attached hydrogens (tertiary/aromatic N) is 5. The molecule has 1 fully saturated rings. The molecule has 1 saturated heterocycles. The number of amides is 2. The fourth-order valence-electron chi connectivity index (χ4n) is 4.05. The van der Waals surface area contributed by atoms with E-state index in [1.165, 1.54) is 18.6 Å². The Morgan fingerprint density at radius 2 is 2.07 bits per heavy atom. The van der Waals surface area contributed by atoms with E-state index in [1.54, 1.807) is 0 Å². The van der Waals surface area contributed by atoms with Crippen LogP contribution in [0.3, 0.4) is 0 Å². The maximum atomic E-state index is 13.0. The van der Waals surface area contributed by atoms with Crippen molar-refractivity contribution >= 4 is 22.8 Å². The van der Waals surface area contributed by atoms with Crippen molar-refractivity contribution in [3.05, 3.63) is 54.4 Å². The largest absolute Gasteiger partial charge is 0.351 e. The van der Waals surface area contributed by atoms with Crippen molar-refractivity contribution in [2.24, 2.45) is 7.05 Å². The van der Waals surface area contributed by atoms with Crippen molar-refractivity contribution in [1.82, 2.24) is 29.7 Å². The zero-order valence-corrected chi connectivity index (χ0v) is 17.1. The van der Waals surface area contributed by atoms with Crippen LogP contribution in [-0.4, -0.2) is 49.3 Å². The van der Waals surface area contributed by atoms with Gasteiger partial charge < -0.3 is 14.8 Å². The Hall–Kier alpha value is -3.29. The predicted molar refractivity (Wildman–Crippen MR) is 113 cm³/mol. The van der Waals surface area contributed by atoms with E-state index in [-0.39, 0.29) is 23.6 Å². The Bertz CT molecular complexity index is 1030. The fourth-order valence-corrected chi connectivity index (χ4v) is 4.05. The lowest BCUT2D eigenvalue weighted by Crippen LogP contribution is -2.39. The molecule has 1 unspecified atom stereocenters. The van der Waals surface area contributed by atoms with Gasteiger partial charge in [-0.3, -0.25) is 14.6 Å². The van der Waals surface area contributed by atoms with E-state index in [0.29, 0.717) is 19.4 Å². The number of nitrogens with one attached hydrogen (secondary N) is 1. The van der Waals surface area contributed by atoms with Crippen LogP contribution >= 0.6 is 0 Å². The second-order valence-corrected chi connectivity index (χ2v) is 7.57. The van der Waals surface area contributed by atoms with Crippen LogP contribution in [0.1, 0.15) is 54.5 Å². The number of carbonyl (C=O) groups is 2. The summed E-state index contributed by atoms with van der Waals surface area (Å²) in [4.78, 5) is 39.7. The molecule has 0 bridgehead atoms. The molecule has 1 N–H and O–H groups in total. The van der Waals surface area contributed by atoms with Gasteiger partial charge in [-0.25, -0.2) is 9.97 Å². The topological polar surface area (TPSA) is 93.0 Å². The van der Waals surface area contributed by atoms with Crippen LogP contribution in [0.15, 0.2) is 42.9 Å². The summed E-state index contributed by atoms with van der Waals surface area (Å²) in [6.07, 6.45) is 8.42. The molecule has 156 valence electrons. The summed E-state index contributed by atoms with van der Waals surface area (Å²) >= 11 is 0. The van der Waals surface area contributed by atoms with Gasteiger partial charge in [-0.2, -0.15) is 0 Å². The molecule has 0 radical (unpaired) electrons. The molecule has 0 spiro atoms. The maximum absolute atomic E-state index is 13.0. The van der Waals surface area contributed by atoms with E-state index in [4.69, 9.17) is 4.98 Å². The van der Waals surface area contributed by atoms with E-state index < -0.39 is 0 Å². The van der Waals surface area contributed by atoms with Gasteiger partial charge in [0.05, 0.1) is 23.3 Å². The summed E-state index contributed by atoms with van der Waals surface area (Å²) in [5, 5.41) is 2.80. The van der Waals surface area contributed by atoms with Crippen LogP contribution < -0.4 is 5.32 Å². The monoisotopic (exact) mass is 406 g/mol. The number of imidazole rings is 1. The second-order valence-electron chi connectivity index (χ2n) is 7.57. The minimum Gasteiger partial charge on any atom is -0.351 e. The lowest BCUT2D eigenvalue weighted by Gasteiger charge is -2.35. The number of aromatic nitrogens is 4. The standard InChI is InChI=1S/C22H26N6O2/c1-27-18-8-3-2-7-16(18)26-21(27)19-9-4-5-14-28(19)20(29)10-6-11-25-22(30)17-15-23-12-13-24-17/h2-3,7-8,12-13,15,19H,4-6,9-11,14H2,1H3,(H,25,30). The molecular formula is C22H26N6O2. The highest BCUT2D eigenvalue weighted by atomic mass is 16.2. The molecule has 3 heterocycles. The molecule has 3 aromatic rings. The van der Waals surface area contributed by atoms with Crippen molar-refractivity contribution in [2.45, 2.75) is 38.1 Å². The van der Waals surface area contributed by atoms with Crippen LogP contribution in [0, 0.1) is 0 Å². The first-order valence-corrected chi connectivity index (χ1v) is 10.4. The van der Waals surface area contributed by atoms with Gasteiger partial charge in [0.2, 0.25) is 5.91 Å². The molecule has 1 aromatic carbocycles. The Morgan fingerprint density at radius 1 is 1.20 bits per heavy atom. The Kier molecular flexibility index (Phi) is 6.02. The Balaban J connectivity index is 1.37. The molecule has 4 rings (SSSR count). The first-order valence-electron chi connectivity index (χ1n) is 10.4. The highest BCUT2D eigenvalue weighted by molar-refractivity contribution is 5.91. The number of benzene rings is 1. The lowest BCUT2D eigenvalue weighted by atomic mass is 10.0. The number of hydrogen-bond donors (Lipinski definition) is 1. The van der Waals surface area contributed by atoms with E-state index in [2.05, 4.69) is 25.9 Å². The third kappa shape index (κ3) is 4.17. The lowest BCUT2D eigenvalue weighted by molar-refractivity contribution is -0.135. The number of likely N-dealkylation sites (tertiary alicyclic amines) is 1. The quantitative estimate of drug-likeness (QED) is 0.635. The minimum atomic E-state index is -0.272. The van der Waals surface area contributed by atoms with Gasteiger partial charge in [-0.1, -0.05) is 12.1 Å². The van der Waals surface area contributed by atoms with Crippen LogP contribution in [0.25, 0.3) is 11.0 Å². The molecule has 1 aliphatic rings. The summed E-state index contributed by atoms with van der Waals surface area (Å²) in [5.41, 5.74) is 2.32. The SMILES string of the molecule is Cn1c(C2CCCCN2C(=O)CCCNC(=O)c2cnccn2)nc2ccccc21. The molecule has 2 amide bonds. The van der Waals surface area contributed by atoms with Crippen molar-refractivity contribution < 1.29 is 9.59 Å². The number of piperidine rings is 1. The van der Waals surface area contributed by atoms with Crippen LogP contribution in [-0.2, 0) is 11.8 Å². The minimum absolute atomic E-state index is 0.00201. The summed E-state index contributed by atoms with van der Waals surface area (Å²) in [6, 6.07) is 8.05. The number of carbonyl (C=O) groups excluding carboxylic acids is 2. The van der Waals surface area contributed by atoms with Gasteiger partial charge >= 0.3 is 0 Å². The van der Waals surface area contributed by atoms with E-state index in [1.807, 2.05) is 30.1 Å². The first-order chi connectivity index (χ1) is 14.6. The van der Waals surface area contributed by atoms with Crippen molar-refractivity contribution in [3.8, 4) is 0 Å². The number of fused-ring (bicyclic) bond motifs is 1. The highest BCUT2D eigenvalue weighted by Crippen LogP contribution is 2.32. The van der Waals surface area contributed by atoms with Crippen molar-refractivity contribution in [2.75, 3.05) is 13.1 Å². The smallest absolute Gasteiger partial charge is 0.271 e. The van der Waals surface area contributed by atoms with Gasteiger partial charge in [0, 0.05) is 39.0 Å². The average molecular weight is 406 g/mol. The van der Waals surface area contributed by atoms with Crippen molar-refractivity contribution in [3.63, 3.8) is 0 Å². The summed E-state index contributed by atoms with van der Waals surface area (Å²) in [6.45, 7) is 1.17. The molecule has 1 atom stereocenters. The number of rotatable bonds is 6. The Morgan fingerprint density at radius 3 is 2.87 bits per heavy atom. The van der Waals surface area contributed by atoms with Gasteiger partial charge in [0.25, 0.3) is 5.91 Å².